The fourth-order valence-electron chi connectivity index (χ4n) is 3.06. The summed E-state index contributed by atoms with van der Waals surface area (Å²) < 4.78 is 14.3. The highest BCUT2D eigenvalue weighted by atomic mass is 32.1. The van der Waals surface area contributed by atoms with Gasteiger partial charge in [-0.3, -0.25) is 19.0 Å². The van der Waals surface area contributed by atoms with E-state index in [0.717, 1.165) is 37.0 Å². The Morgan fingerprint density at radius 1 is 1.24 bits per heavy atom. The lowest BCUT2D eigenvalue weighted by molar-refractivity contribution is 0.0935. The molecule has 2 aromatic rings. The monoisotopic (exact) mass is 362 g/mol. The Morgan fingerprint density at radius 2 is 1.88 bits per heavy atom. The number of hydrogen-bond acceptors (Lipinski definition) is 4. The SMILES string of the molecule is Cc1c(C(=O)NC2CCCC2)sc(=O)n1CC(=O)c1ccc(F)cc1. The number of carbonyl (C=O) groups is 2. The molecule has 3 rings (SSSR count). The van der Waals surface area contributed by atoms with Crippen LogP contribution >= 0.6 is 11.3 Å². The van der Waals surface area contributed by atoms with Gasteiger partial charge in [0.15, 0.2) is 5.78 Å². The minimum atomic E-state index is -0.425. The Bertz CT molecular complexity index is 848. The van der Waals surface area contributed by atoms with Gasteiger partial charge in [0.25, 0.3) is 5.91 Å². The molecule has 0 atom stereocenters. The lowest BCUT2D eigenvalue weighted by Crippen LogP contribution is -2.32. The Kier molecular flexibility index (Phi) is 5.13. The van der Waals surface area contributed by atoms with Crippen molar-refractivity contribution in [3.8, 4) is 0 Å². The molecule has 0 aliphatic heterocycles. The highest BCUT2D eigenvalue weighted by Gasteiger charge is 2.23. The summed E-state index contributed by atoms with van der Waals surface area (Å²) in [6.45, 7) is 1.50. The zero-order valence-corrected chi connectivity index (χ0v) is 14.7. The largest absolute Gasteiger partial charge is 0.349 e. The number of benzene rings is 1. The third kappa shape index (κ3) is 3.87. The van der Waals surface area contributed by atoms with Crippen molar-refractivity contribution in [3.05, 3.63) is 55.9 Å². The summed E-state index contributed by atoms with van der Waals surface area (Å²) in [6.07, 6.45) is 4.13. The van der Waals surface area contributed by atoms with E-state index in [1.54, 1.807) is 6.92 Å². The maximum Gasteiger partial charge on any atom is 0.308 e. The van der Waals surface area contributed by atoms with Crippen LogP contribution in [-0.4, -0.2) is 22.3 Å². The molecular formula is C18H19FN2O3S. The quantitative estimate of drug-likeness (QED) is 0.832. The second kappa shape index (κ2) is 7.31. The van der Waals surface area contributed by atoms with Crippen LogP contribution in [0, 0.1) is 12.7 Å². The number of aromatic nitrogens is 1. The van der Waals surface area contributed by atoms with Crippen molar-refractivity contribution < 1.29 is 14.0 Å². The average Bonchev–Trinajstić information content (AvgIpc) is 3.18. The van der Waals surface area contributed by atoms with Crippen molar-refractivity contribution in [1.82, 2.24) is 9.88 Å². The van der Waals surface area contributed by atoms with Crippen molar-refractivity contribution >= 4 is 23.0 Å². The molecular weight excluding hydrogens is 343 g/mol. The normalized spacial score (nSPS) is 14.6. The number of nitrogens with one attached hydrogen (secondary N) is 1. The van der Waals surface area contributed by atoms with Gasteiger partial charge in [-0.1, -0.05) is 24.2 Å². The standard InChI is InChI=1S/C18H19FN2O3S/c1-11-16(17(23)20-14-4-2-3-5-14)25-18(24)21(11)10-15(22)12-6-8-13(19)9-7-12/h6-9,14H,2-5,10H2,1H3,(H,20,23). The van der Waals surface area contributed by atoms with Crippen LogP contribution in [-0.2, 0) is 6.54 Å². The molecule has 1 saturated carbocycles. The molecule has 1 N–H and O–H groups in total. The van der Waals surface area contributed by atoms with E-state index >= 15 is 0 Å². The van der Waals surface area contributed by atoms with E-state index in [-0.39, 0.29) is 29.1 Å². The van der Waals surface area contributed by atoms with Gasteiger partial charge in [-0.25, -0.2) is 4.39 Å². The topological polar surface area (TPSA) is 68.2 Å². The molecule has 0 radical (unpaired) electrons. The maximum atomic E-state index is 13.0. The number of thiazole rings is 1. The van der Waals surface area contributed by atoms with E-state index in [1.807, 2.05) is 0 Å². The zero-order chi connectivity index (χ0) is 18.0. The molecule has 5 nitrogen and oxygen atoms in total. The molecule has 7 heteroatoms. The number of nitrogens with zero attached hydrogens (tertiary/aromatic N) is 1. The smallest absolute Gasteiger partial charge is 0.308 e. The minimum absolute atomic E-state index is 0.163. The second-order valence-electron chi connectivity index (χ2n) is 6.25. The van der Waals surface area contributed by atoms with Crippen molar-refractivity contribution in [2.45, 2.75) is 45.2 Å². The number of Topliss-reactive ketones (excluding diaryl/α,β-unsaturated/α-hetero) is 1. The first-order chi connectivity index (χ1) is 12.0. The number of amides is 1. The van der Waals surface area contributed by atoms with E-state index in [0.29, 0.717) is 16.1 Å². The molecule has 0 saturated heterocycles. The predicted molar refractivity (Wildman–Crippen MR) is 93.8 cm³/mol. The van der Waals surface area contributed by atoms with Crippen LogP contribution in [0.2, 0.25) is 0 Å². The van der Waals surface area contributed by atoms with Gasteiger partial charge in [-0.15, -0.1) is 0 Å². The van der Waals surface area contributed by atoms with E-state index < -0.39 is 5.82 Å². The van der Waals surface area contributed by atoms with Crippen LogP contribution in [0.1, 0.15) is 51.4 Å². The first-order valence-corrected chi connectivity index (χ1v) is 9.07. The van der Waals surface area contributed by atoms with Gasteiger partial charge in [0.2, 0.25) is 0 Å². The highest BCUT2D eigenvalue weighted by molar-refractivity contribution is 7.11. The summed E-state index contributed by atoms with van der Waals surface area (Å²) in [6, 6.07) is 5.35. The van der Waals surface area contributed by atoms with Crippen LogP contribution in [0.5, 0.6) is 0 Å². The molecule has 1 aliphatic carbocycles. The molecule has 132 valence electrons. The summed E-state index contributed by atoms with van der Waals surface area (Å²) >= 11 is 0.855. The molecule has 1 fully saturated rings. The summed E-state index contributed by atoms with van der Waals surface area (Å²) in [5.41, 5.74) is 0.816. The van der Waals surface area contributed by atoms with Gasteiger partial charge in [-0.05, 0) is 44.0 Å². The van der Waals surface area contributed by atoms with E-state index in [4.69, 9.17) is 0 Å². The lowest BCUT2D eigenvalue weighted by atomic mass is 10.1. The fourth-order valence-corrected chi connectivity index (χ4v) is 3.96. The van der Waals surface area contributed by atoms with Gasteiger partial charge in [0.1, 0.15) is 10.7 Å². The number of ketones is 1. The van der Waals surface area contributed by atoms with Crippen molar-refractivity contribution in [2.75, 3.05) is 0 Å². The molecule has 1 amide bonds. The molecule has 1 heterocycles. The summed E-state index contributed by atoms with van der Waals surface area (Å²) in [5.74, 6) is -0.975. The lowest BCUT2D eigenvalue weighted by Gasteiger charge is -2.11. The maximum absolute atomic E-state index is 13.0. The highest BCUT2D eigenvalue weighted by Crippen LogP contribution is 2.19. The summed E-state index contributed by atoms with van der Waals surface area (Å²) in [7, 11) is 0. The van der Waals surface area contributed by atoms with Crippen LogP contribution in [0.15, 0.2) is 29.1 Å². The van der Waals surface area contributed by atoms with Crippen molar-refractivity contribution in [2.24, 2.45) is 0 Å². The Balaban J connectivity index is 1.77. The second-order valence-corrected chi connectivity index (χ2v) is 7.22. The van der Waals surface area contributed by atoms with Crippen molar-refractivity contribution in [3.63, 3.8) is 0 Å². The third-order valence-electron chi connectivity index (χ3n) is 4.51. The Morgan fingerprint density at radius 3 is 2.52 bits per heavy atom. The van der Waals surface area contributed by atoms with Crippen LogP contribution < -0.4 is 10.2 Å². The number of carbonyl (C=O) groups excluding carboxylic acids is 2. The molecule has 1 aromatic heterocycles. The molecule has 0 unspecified atom stereocenters. The predicted octanol–water partition coefficient (Wildman–Crippen LogP) is 2.91. The number of halogens is 1. The molecule has 1 aromatic carbocycles. The molecule has 0 spiro atoms. The van der Waals surface area contributed by atoms with E-state index in [1.165, 1.54) is 28.8 Å². The molecule has 25 heavy (non-hydrogen) atoms. The fraction of sp³-hybridized carbons (Fsp3) is 0.389. The minimum Gasteiger partial charge on any atom is -0.349 e. The Hall–Kier alpha value is -2.28. The number of hydrogen-bond donors (Lipinski definition) is 1. The van der Waals surface area contributed by atoms with Crippen LogP contribution in [0.3, 0.4) is 0 Å². The first-order valence-electron chi connectivity index (χ1n) is 8.25. The van der Waals surface area contributed by atoms with E-state index in [9.17, 15) is 18.8 Å². The average molecular weight is 362 g/mol. The van der Waals surface area contributed by atoms with Gasteiger partial charge < -0.3 is 5.32 Å². The molecule has 1 aliphatic rings. The summed E-state index contributed by atoms with van der Waals surface area (Å²) in [4.78, 5) is 36.9. The zero-order valence-electron chi connectivity index (χ0n) is 13.9. The first kappa shape index (κ1) is 17.5. The van der Waals surface area contributed by atoms with Gasteiger partial charge >= 0.3 is 4.87 Å². The van der Waals surface area contributed by atoms with Crippen LogP contribution in [0.25, 0.3) is 0 Å². The third-order valence-corrected chi connectivity index (χ3v) is 5.59. The Labute approximate surface area is 148 Å². The van der Waals surface area contributed by atoms with Crippen LogP contribution in [0.4, 0.5) is 4.39 Å². The number of rotatable bonds is 5. The molecule has 0 bridgehead atoms. The van der Waals surface area contributed by atoms with Gasteiger partial charge in [0.05, 0.1) is 6.54 Å². The van der Waals surface area contributed by atoms with Crippen molar-refractivity contribution in [1.29, 1.82) is 0 Å². The summed E-state index contributed by atoms with van der Waals surface area (Å²) in [5, 5.41) is 2.96. The van der Waals surface area contributed by atoms with Gasteiger partial charge in [0, 0.05) is 17.3 Å². The van der Waals surface area contributed by atoms with Gasteiger partial charge in [-0.2, -0.15) is 0 Å². The van der Waals surface area contributed by atoms with E-state index in [2.05, 4.69) is 5.32 Å².